The van der Waals surface area contributed by atoms with Crippen LogP contribution < -0.4 is 10.5 Å². The highest BCUT2D eigenvalue weighted by molar-refractivity contribution is 5.94. The van der Waals surface area contributed by atoms with E-state index in [-0.39, 0.29) is 18.1 Å². The number of hydrogen-bond donors (Lipinski definition) is 1. The summed E-state index contributed by atoms with van der Waals surface area (Å²) in [6.45, 7) is 6.23. The van der Waals surface area contributed by atoms with Crippen molar-refractivity contribution in [2.45, 2.75) is 32.5 Å². The first-order valence-electron chi connectivity index (χ1n) is 7.51. The fourth-order valence-electron chi connectivity index (χ4n) is 2.46. The first kappa shape index (κ1) is 15.8. The number of amides is 1. The van der Waals surface area contributed by atoms with Gasteiger partial charge in [-0.1, -0.05) is 13.0 Å². The highest BCUT2D eigenvalue weighted by Gasteiger charge is 2.28. The van der Waals surface area contributed by atoms with E-state index in [2.05, 4.69) is 6.92 Å². The van der Waals surface area contributed by atoms with Crippen molar-refractivity contribution in [3.05, 3.63) is 29.8 Å². The van der Waals surface area contributed by atoms with E-state index in [4.69, 9.17) is 15.2 Å². The lowest BCUT2D eigenvalue weighted by atomic mass is 10.1. The Morgan fingerprint density at radius 1 is 1.48 bits per heavy atom. The van der Waals surface area contributed by atoms with Gasteiger partial charge in [0.15, 0.2) is 0 Å². The summed E-state index contributed by atoms with van der Waals surface area (Å²) in [7, 11) is 0. The van der Waals surface area contributed by atoms with Crippen LogP contribution in [0.15, 0.2) is 24.3 Å². The van der Waals surface area contributed by atoms with Gasteiger partial charge in [-0.2, -0.15) is 0 Å². The zero-order valence-corrected chi connectivity index (χ0v) is 12.7. The van der Waals surface area contributed by atoms with Crippen molar-refractivity contribution in [1.29, 1.82) is 0 Å². The topological polar surface area (TPSA) is 64.8 Å². The number of carbonyl (C=O) groups excluding carboxylic acids is 1. The molecule has 2 atom stereocenters. The maximum Gasteiger partial charge on any atom is 0.254 e. The van der Waals surface area contributed by atoms with E-state index in [1.807, 2.05) is 30.0 Å². The van der Waals surface area contributed by atoms with Crippen LogP contribution in [0.4, 0.5) is 0 Å². The molecule has 1 fully saturated rings. The summed E-state index contributed by atoms with van der Waals surface area (Å²) in [6, 6.07) is 7.34. The second-order valence-corrected chi connectivity index (χ2v) is 5.39. The SMILES string of the molecule is CCCOc1cccc(C(=O)N2CC(C)OC(CN)C2)c1. The number of morpholine rings is 1. The molecule has 0 spiro atoms. The molecule has 21 heavy (non-hydrogen) atoms. The van der Waals surface area contributed by atoms with Gasteiger partial charge in [0.1, 0.15) is 5.75 Å². The lowest BCUT2D eigenvalue weighted by Gasteiger charge is -2.36. The molecule has 1 aromatic carbocycles. The Bertz CT molecular complexity index is 478. The van der Waals surface area contributed by atoms with Crippen LogP contribution in [0.5, 0.6) is 5.75 Å². The highest BCUT2D eigenvalue weighted by Crippen LogP contribution is 2.18. The van der Waals surface area contributed by atoms with Gasteiger partial charge in [-0.25, -0.2) is 0 Å². The quantitative estimate of drug-likeness (QED) is 0.896. The van der Waals surface area contributed by atoms with Gasteiger partial charge in [0, 0.05) is 25.2 Å². The first-order valence-corrected chi connectivity index (χ1v) is 7.51. The molecule has 2 rings (SSSR count). The summed E-state index contributed by atoms with van der Waals surface area (Å²) in [5.41, 5.74) is 6.31. The Morgan fingerprint density at radius 2 is 2.29 bits per heavy atom. The first-order chi connectivity index (χ1) is 10.1. The molecule has 1 aliphatic heterocycles. The Kier molecular flexibility index (Phi) is 5.59. The number of nitrogens with zero attached hydrogens (tertiary/aromatic N) is 1. The fraction of sp³-hybridized carbons (Fsp3) is 0.562. The van der Waals surface area contributed by atoms with E-state index in [0.29, 0.717) is 31.8 Å². The van der Waals surface area contributed by atoms with Crippen LogP contribution in [-0.4, -0.2) is 49.3 Å². The van der Waals surface area contributed by atoms with Gasteiger partial charge in [-0.05, 0) is 31.5 Å². The van der Waals surface area contributed by atoms with Crippen molar-refractivity contribution in [2.75, 3.05) is 26.2 Å². The second kappa shape index (κ2) is 7.43. The molecule has 116 valence electrons. The Morgan fingerprint density at radius 3 is 3.00 bits per heavy atom. The summed E-state index contributed by atoms with van der Waals surface area (Å²) in [6.07, 6.45) is 0.866. The van der Waals surface area contributed by atoms with Crippen LogP contribution in [0.3, 0.4) is 0 Å². The monoisotopic (exact) mass is 292 g/mol. The molecule has 0 aliphatic carbocycles. The largest absolute Gasteiger partial charge is 0.494 e. The molecule has 0 aromatic heterocycles. The van der Waals surface area contributed by atoms with E-state index >= 15 is 0 Å². The van der Waals surface area contributed by atoms with Crippen molar-refractivity contribution in [3.8, 4) is 5.75 Å². The number of nitrogens with two attached hydrogens (primary N) is 1. The third-order valence-corrected chi connectivity index (χ3v) is 3.43. The average Bonchev–Trinajstić information content (AvgIpc) is 2.51. The maximum atomic E-state index is 12.6. The van der Waals surface area contributed by atoms with Crippen LogP contribution in [-0.2, 0) is 4.74 Å². The number of rotatable bonds is 5. The summed E-state index contributed by atoms with van der Waals surface area (Å²) in [5.74, 6) is 0.741. The minimum Gasteiger partial charge on any atom is -0.494 e. The predicted molar refractivity (Wildman–Crippen MR) is 81.5 cm³/mol. The van der Waals surface area contributed by atoms with Crippen LogP contribution in [0.25, 0.3) is 0 Å². The molecule has 2 unspecified atom stereocenters. The van der Waals surface area contributed by atoms with Gasteiger partial charge < -0.3 is 20.1 Å². The van der Waals surface area contributed by atoms with Crippen LogP contribution in [0, 0.1) is 0 Å². The third-order valence-electron chi connectivity index (χ3n) is 3.43. The molecule has 2 N–H and O–H groups in total. The molecule has 1 aromatic rings. The molecule has 1 amide bonds. The van der Waals surface area contributed by atoms with E-state index in [1.54, 1.807) is 6.07 Å². The third kappa shape index (κ3) is 4.19. The van der Waals surface area contributed by atoms with Crippen molar-refractivity contribution in [3.63, 3.8) is 0 Å². The summed E-state index contributed by atoms with van der Waals surface area (Å²) in [4.78, 5) is 14.4. The van der Waals surface area contributed by atoms with Crippen molar-refractivity contribution < 1.29 is 14.3 Å². The second-order valence-electron chi connectivity index (χ2n) is 5.39. The van der Waals surface area contributed by atoms with Gasteiger partial charge >= 0.3 is 0 Å². The fourth-order valence-corrected chi connectivity index (χ4v) is 2.46. The smallest absolute Gasteiger partial charge is 0.254 e. The van der Waals surface area contributed by atoms with Crippen molar-refractivity contribution in [1.82, 2.24) is 4.90 Å². The molecule has 0 saturated carbocycles. The molecule has 5 nitrogen and oxygen atoms in total. The molecular formula is C16H24N2O3. The Balaban J connectivity index is 2.08. The number of hydrogen-bond acceptors (Lipinski definition) is 4. The van der Waals surface area contributed by atoms with E-state index in [9.17, 15) is 4.79 Å². The average molecular weight is 292 g/mol. The van der Waals surface area contributed by atoms with Gasteiger partial charge in [-0.3, -0.25) is 4.79 Å². The molecule has 0 bridgehead atoms. The summed E-state index contributed by atoms with van der Waals surface area (Å²) in [5, 5.41) is 0. The Labute approximate surface area is 126 Å². The minimum atomic E-state index is -0.0859. The van der Waals surface area contributed by atoms with Crippen molar-refractivity contribution in [2.24, 2.45) is 5.73 Å². The zero-order valence-electron chi connectivity index (χ0n) is 12.7. The van der Waals surface area contributed by atoms with Gasteiger partial charge in [-0.15, -0.1) is 0 Å². The Hall–Kier alpha value is -1.59. The number of ether oxygens (including phenoxy) is 2. The lowest BCUT2D eigenvalue weighted by Crippen LogP contribution is -2.51. The molecule has 1 aliphatic rings. The normalized spacial score (nSPS) is 22.1. The molecule has 1 saturated heterocycles. The van der Waals surface area contributed by atoms with E-state index < -0.39 is 0 Å². The number of benzene rings is 1. The minimum absolute atomic E-state index is 0.00514. The van der Waals surface area contributed by atoms with Gasteiger partial charge in [0.05, 0.1) is 18.8 Å². The van der Waals surface area contributed by atoms with Gasteiger partial charge in [0.2, 0.25) is 0 Å². The predicted octanol–water partition coefficient (Wildman–Crippen LogP) is 1.66. The molecular weight excluding hydrogens is 268 g/mol. The van der Waals surface area contributed by atoms with Crippen LogP contribution in [0.1, 0.15) is 30.6 Å². The number of carbonyl (C=O) groups is 1. The van der Waals surface area contributed by atoms with E-state index in [1.165, 1.54) is 0 Å². The highest BCUT2D eigenvalue weighted by atomic mass is 16.5. The van der Waals surface area contributed by atoms with E-state index in [0.717, 1.165) is 12.2 Å². The summed E-state index contributed by atoms with van der Waals surface area (Å²) < 4.78 is 11.3. The zero-order chi connectivity index (χ0) is 15.2. The summed E-state index contributed by atoms with van der Waals surface area (Å²) >= 11 is 0. The van der Waals surface area contributed by atoms with Crippen molar-refractivity contribution >= 4 is 5.91 Å². The maximum absolute atomic E-state index is 12.6. The van der Waals surface area contributed by atoms with Gasteiger partial charge in [0.25, 0.3) is 5.91 Å². The molecule has 5 heteroatoms. The van der Waals surface area contributed by atoms with Crippen LogP contribution >= 0.6 is 0 Å². The van der Waals surface area contributed by atoms with Crippen LogP contribution in [0.2, 0.25) is 0 Å². The molecule has 0 radical (unpaired) electrons. The lowest BCUT2D eigenvalue weighted by molar-refractivity contribution is -0.0625. The standard InChI is InChI=1S/C16H24N2O3/c1-3-7-20-14-6-4-5-13(8-14)16(19)18-10-12(2)21-15(9-17)11-18/h4-6,8,12,15H,3,7,9-11,17H2,1-2H3. The molecule has 1 heterocycles.